The Labute approximate surface area is 153 Å². The standard InChI is InChI=1S/C18H19F3N2O4/c1-11-8-23(9-12(2)26-11)17(24)16-7-15(27-22-16)10-25-14-5-3-4-13(6-14)18(19,20)21/h3-7,11-12H,8-10H2,1-2H3/t11-,12+. The topological polar surface area (TPSA) is 64.8 Å². The molecule has 1 fully saturated rings. The van der Waals surface area contributed by atoms with Crippen LogP contribution in [0.3, 0.4) is 0 Å². The van der Waals surface area contributed by atoms with E-state index in [4.69, 9.17) is 14.0 Å². The zero-order chi connectivity index (χ0) is 19.6. The average molecular weight is 384 g/mol. The van der Waals surface area contributed by atoms with Crippen molar-refractivity contribution in [1.29, 1.82) is 0 Å². The predicted octanol–water partition coefficient (Wildman–Crippen LogP) is 3.52. The highest BCUT2D eigenvalue weighted by atomic mass is 19.4. The number of amides is 1. The summed E-state index contributed by atoms with van der Waals surface area (Å²) >= 11 is 0. The molecule has 9 heteroatoms. The average Bonchev–Trinajstić information content (AvgIpc) is 3.07. The molecule has 2 atom stereocenters. The first kappa shape index (κ1) is 19.2. The molecule has 27 heavy (non-hydrogen) atoms. The summed E-state index contributed by atoms with van der Waals surface area (Å²) in [5.41, 5.74) is -0.678. The van der Waals surface area contributed by atoms with E-state index in [1.165, 1.54) is 18.2 Å². The van der Waals surface area contributed by atoms with Gasteiger partial charge in [-0.1, -0.05) is 11.2 Å². The Morgan fingerprint density at radius 3 is 2.63 bits per heavy atom. The highest BCUT2D eigenvalue weighted by Gasteiger charge is 2.31. The lowest BCUT2D eigenvalue weighted by Gasteiger charge is -2.34. The lowest BCUT2D eigenvalue weighted by Crippen LogP contribution is -2.48. The quantitative estimate of drug-likeness (QED) is 0.807. The smallest absolute Gasteiger partial charge is 0.416 e. The maximum Gasteiger partial charge on any atom is 0.416 e. The zero-order valence-electron chi connectivity index (χ0n) is 14.8. The van der Waals surface area contributed by atoms with Gasteiger partial charge in [0.2, 0.25) is 0 Å². The van der Waals surface area contributed by atoms with Crippen LogP contribution < -0.4 is 4.74 Å². The number of nitrogens with zero attached hydrogens (tertiary/aromatic N) is 2. The lowest BCUT2D eigenvalue weighted by atomic mass is 10.2. The van der Waals surface area contributed by atoms with E-state index in [2.05, 4.69) is 5.16 Å². The van der Waals surface area contributed by atoms with Crippen LogP contribution in [-0.4, -0.2) is 41.3 Å². The summed E-state index contributed by atoms with van der Waals surface area (Å²) in [5.74, 6) is 0.00103. The fraction of sp³-hybridized carbons (Fsp3) is 0.444. The van der Waals surface area contributed by atoms with Crippen molar-refractivity contribution in [2.75, 3.05) is 13.1 Å². The molecule has 0 N–H and O–H groups in total. The molecule has 0 aliphatic carbocycles. The number of ether oxygens (including phenoxy) is 2. The molecule has 0 bridgehead atoms. The van der Waals surface area contributed by atoms with Crippen molar-refractivity contribution in [3.8, 4) is 5.75 Å². The molecule has 1 aliphatic heterocycles. The van der Waals surface area contributed by atoms with Crippen LogP contribution in [0.5, 0.6) is 5.75 Å². The summed E-state index contributed by atoms with van der Waals surface area (Å²) in [5, 5.41) is 3.74. The Morgan fingerprint density at radius 1 is 1.26 bits per heavy atom. The highest BCUT2D eigenvalue weighted by molar-refractivity contribution is 5.92. The van der Waals surface area contributed by atoms with Crippen LogP contribution in [-0.2, 0) is 17.5 Å². The van der Waals surface area contributed by atoms with E-state index in [1.807, 2.05) is 13.8 Å². The molecular weight excluding hydrogens is 365 g/mol. The van der Waals surface area contributed by atoms with Crippen LogP contribution in [0, 0.1) is 0 Å². The third-order valence-electron chi connectivity index (χ3n) is 4.03. The van der Waals surface area contributed by atoms with Crippen LogP contribution in [0.1, 0.15) is 35.7 Å². The van der Waals surface area contributed by atoms with E-state index in [1.54, 1.807) is 4.90 Å². The number of alkyl halides is 3. The van der Waals surface area contributed by atoms with Crippen molar-refractivity contribution in [2.45, 2.75) is 38.8 Å². The molecule has 2 aromatic rings. The second-order valence-corrected chi connectivity index (χ2v) is 6.46. The van der Waals surface area contributed by atoms with Gasteiger partial charge < -0.3 is 18.9 Å². The molecular formula is C18H19F3N2O4. The van der Waals surface area contributed by atoms with Crippen LogP contribution in [0.25, 0.3) is 0 Å². The van der Waals surface area contributed by atoms with Crippen LogP contribution >= 0.6 is 0 Å². The van der Waals surface area contributed by atoms with Gasteiger partial charge in [-0.3, -0.25) is 4.79 Å². The van der Waals surface area contributed by atoms with E-state index in [0.29, 0.717) is 13.1 Å². The summed E-state index contributed by atoms with van der Waals surface area (Å²) < 4.78 is 54.1. The molecule has 1 amide bonds. The van der Waals surface area contributed by atoms with Gasteiger partial charge in [0.15, 0.2) is 11.5 Å². The Hall–Kier alpha value is -2.55. The number of morpholine rings is 1. The van der Waals surface area contributed by atoms with Gasteiger partial charge in [0.05, 0.1) is 17.8 Å². The van der Waals surface area contributed by atoms with Crippen molar-refractivity contribution < 1.29 is 32.0 Å². The second kappa shape index (κ2) is 7.59. The Morgan fingerprint density at radius 2 is 1.96 bits per heavy atom. The van der Waals surface area contributed by atoms with Gasteiger partial charge >= 0.3 is 6.18 Å². The van der Waals surface area contributed by atoms with Gasteiger partial charge in [-0.25, -0.2) is 0 Å². The second-order valence-electron chi connectivity index (χ2n) is 6.46. The van der Waals surface area contributed by atoms with E-state index >= 15 is 0 Å². The summed E-state index contributed by atoms with van der Waals surface area (Å²) in [6, 6.07) is 5.96. The zero-order valence-corrected chi connectivity index (χ0v) is 14.8. The van der Waals surface area contributed by atoms with Crippen LogP contribution in [0.2, 0.25) is 0 Å². The summed E-state index contributed by atoms with van der Waals surface area (Å²) in [4.78, 5) is 14.1. The minimum Gasteiger partial charge on any atom is -0.486 e. The van der Waals surface area contributed by atoms with Crippen LogP contribution in [0.15, 0.2) is 34.9 Å². The molecule has 0 unspecified atom stereocenters. The van der Waals surface area contributed by atoms with E-state index in [-0.39, 0.29) is 41.9 Å². The number of rotatable bonds is 4. The van der Waals surface area contributed by atoms with Crippen molar-refractivity contribution in [3.05, 3.63) is 47.3 Å². The fourth-order valence-corrected chi connectivity index (χ4v) is 2.90. The summed E-state index contributed by atoms with van der Waals surface area (Å²) in [7, 11) is 0. The van der Waals surface area contributed by atoms with E-state index in [0.717, 1.165) is 12.1 Å². The van der Waals surface area contributed by atoms with Crippen molar-refractivity contribution >= 4 is 5.91 Å². The van der Waals surface area contributed by atoms with Gasteiger partial charge in [0.1, 0.15) is 12.4 Å². The molecule has 2 heterocycles. The van der Waals surface area contributed by atoms with Gasteiger partial charge in [-0.2, -0.15) is 13.2 Å². The van der Waals surface area contributed by atoms with Crippen molar-refractivity contribution in [2.24, 2.45) is 0 Å². The third-order valence-corrected chi connectivity index (χ3v) is 4.03. The van der Waals surface area contributed by atoms with E-state index < -0.39 is 11.7 Å². The number of carbonyl (C=O) groups excluding carboxylic acids is 1. The number of aromatic nitrogens is 1. The van der Waals surface area contributed by atoms with Gasteiger partial charge in [-0.15, -0.1) is 0 Å². The highest BCUT2D eigenvalue weighted by Crippen LogP contribution is 2.31. The number of hydrogen-bond donors (Lipinski definition) is 0. The Balaban J connectivity index is 1.62. The minimum absolute atomic E-state index is 0.0462. The van der Waals surface area contributed by atoms with Gasteiger partial charge in [-0.05, 0) is 32.0 Å². The van der Waals surface area contributed by atoms with E-state index in [9.17, 15) is 18.0 Å². The van der Waals surface area contributed by atoms with Crippen LogP contribution in [0.4, 0.5) is 13.2 Å². The first-order chi connectivity index (χ1) is 12.7. The largest absolute Gasteiger partial charge is 0.486 e. The Kier molecular flexibility index (Phi) is 5.41. The third kappa shape index (κ3) is 4.79. The maximum absolute atomic E-state index is 12.7. The molecule has 0 radical (unpaired) electrons. The molecule has 0 saturated carbocycles. The summed E-state index contributed by atoms with van der Waals surface area (Å²) in [6.45, 7) is 4.52. The Bertz CT molecular complexity index is 796. The SMILES string of the molecule is C[C@@H]1CN(C(=O)c2cc(COc3cccc(C(F)(F)F)c3)on2)C[C@H](C)O1. The molecule has 1 aromatic carbocycles. The van der Waals surface area contributed by atoms with Crippen molar-refractivity contribution in [3.63, 3.8) is 0 Å². The predicted molar refractivity (Wildman–Crippen MR) is 88.2 cm³/mol. The minimum atomic E-state index is -4.45. The molecule has 1 aromatic heterocycles. The number of hydrogen-bond acceptors (Lipinski definition) is 5. The lowest BCUT2D eigenvalue weighted by molar-refractivity contribution is -0.137. The number of benzene rings is 1. The maximum atomic E-state index is 12.7. The molecule has 1 aliphatic rings. The molecule has 146 valence electrons. The first-order valence-electron chi connectivity index (χ1n) is 8.43. The molecule has 1 saturated heterocycles. The number of halogens is 3. The molecule has 3 rings (SSSR count). The number of carbonyl (C=O) groups is 1. The normalized spacial score (nSPS) is 20.6. The monoisotopic (exact) mass is 384 g/mol. The van der Waals surface area contributed by atoms with Gasteiger partial charge in [0, 0.05) is 19.2 Å². The molecule has 0 spiro atoms. The summed E-state index contributed by atoms with van der Waals surface area (Å²) in [6.07, 6.45) is -4.60. The molecule has 6 nitrogen and oxygen atoms in total. The van der Waals surface area contributed by atoms with Crippen molar-refractivity contribution in [1.82, 2.24) is 10.1 Å². The fourth-order valence-electron chi connectivity index (χ4n) is 2.90. The first-order valence-corrected chi connectivity index (χ1v) is 8.43. The van der Waals surface area contributed by atoms with Gasteiger partial charge in [0.25, 0.3) is 5.91 Å².